The summed E-state index contributed by atoms with van der Waals surface area (Å²) in [6.45, 7) is 0.216. The number of nitro groups is 1. The molecule has 0 saturated carbocycles. The molecule has 0 aliphatic rings. The summed E-state index contributed by atoms with van der Waals surface area (Å²) in [5.74, 6) is 0. The fourth-order valence-corrected chi connectivity index (χ4v) is 3.01. The molecule has 0 aliphatic heterocycles. The Bertz CT molecular complexity index is 1110. The molecule has 0 radical (unpaired) electrons. The average Bonchev–Trinajstić information content (AvgIpc) is 2.93. The van der Waals surface area contributed by atoms with Crippen LogP contribution in [0.5, 0.6) is 0 Å². The smallest absolute Gasteiger partial charge is 0.308 e. The second-order valence-electron chi connectivity index (χ2n) is 5.55. The van der Waals surface area contributed by atoms with Gasteiger partial charge in [-0.3, -0.25) is 24.0 Å². The highest BCUT2D eigenvalue weighted by Gasteiger charge is 2.19. The lowest BCUT2D eigenvalue weighted by Gasteiger charge is -2.08. The molecule has 3 aromatic rings. The maximum absolute atomic E-state index is 12.4. The summed E-state index contributed by atoms with van der Waals surface area (Å²) in [7, 11) is 2.87. The Labute approximate surface area is 145 Å². The predicted octanol–water partition coefficient (Wildman–Crippen LogP) is 1.24. The van der Waals surface area contributed by atoms with Crippen LogP contribution in [0.15, 0.2) is 33.9 Å². The topological polar surface area (TPSA) is 105 Å². The van der Waals surface area contributed by atoms with E-state index in [1.165, 1.54) is 29.3 Å². The summed E-state index contributed by atoms with van der Waals surface area (Å²) >= 11 is 6.14. The highest BCUT2D eigenvalue weighted by molar-refractivity contribution is 6.29. The number of para-hydroxylation sites is 1. The molecule has 1 aromatic carbocycles. The zero-order valence-electron chi connectivity index (χ0n) is 13.5. The third kappa shape index (κ3) is 2.72. The summed E-state index contributed by atoms with van der Waals surface area (Å²) in [6.07, 6.45) is 0.286. The number of nitrogens with zero attached hydrogens (tertiary/aromatic N) is 5. The fraction of sp³-hybridized carbons (Fsp3) is 0.267. The molecule has 0 amide bonds. The molecule has 0 atom stereocenters. The summed E-state index contributed by atoms with van der Waals surface area (Å²) < 4.78 is 3.68. The number of fused-ring (bicyclic) bond motifs is 1. The van der Waals surface area contributed by atoms with Crippen LogP contribution in [-0.2, 0) is 27.1 Å². The predicted molar refractivity (Wildman–Crippen MR) is 92.0 cm³/mol. The van der Waals surface area contributed by atoms with Crippen molar-refractivity contribution in [2.75, 3.05) is 0 Å². The van der Waals surface area contributed by atoms with Gasteiger partial charge in [-0.05, 0) is 18.0 Å². The van der Waals surface area contributed by atoms with Crippen molar-refractivity contribution in [2.45, 2.75) is 13.0 Å². The van der Waals surface area contributed by atoms with E-state index >= 15 is 0 Å². The second kappa shape index (κ2) is 6.17. The molecule has 25 heavy (non-hydrogen) atoms. The summed E-state index contributed by atoms with van der Waals surface area (Å²) in [6, 6.07) is 6.37. The normalized spacial score (nSPS) is 11.2. The molecule has 0 N–H and O–H groups in total. The molecule has 0 spiro atoms. The van der Waals surface area contributed by atoms with Gasteiger partial charge in [0.2, 0.25) is 5.28 Å². The van der Waals surface area contributed by atoms with Gasteiger partial charge in [0.05, 0.1) is 4.92 Å². The lowest BCUT2D eigenvalue weighted by molar-refractivity contribution is -0.385. The average molecular weight is 364 g/mol. The Kier molecular flexibility index (Phi) is 4.17. The summed E-state index contributed by atoms with van der Waals surface area (Å²) in [4.78, 5) is 39.2. The van der Waals surface area contributed by atoms with E-state index < -0.39 is 16.2 Å². The number of halogens is 1. The van der Waals surface area contributed by atoms with Crippen molar-refractivity contribution < 1.29 is 4.92 Å². The molecule has 0 bridgehead atoms. The fourth-order valence-electron chi connectivity index (χ4n) is 2.76. The van der Waals surface area contributed by atoms with Crippen molar-refractivity contribution in [3.8, 4) is 0 Å². The molecule has 2 heterocycles. The number of aryl methyl sites for hydroxylation is 3. The van der Waals surface area contributed by atoms with Crippen LogP contribution in [0.4, 0.5) is 5.69 Å². The van der Waals surface area contributed by atoms with E-state index in [4.69, 9.17) is 11.6 Å². The Balaban J connectivity index is 2.10. The molecular formula is C15H14ClN5O4. The van der Waals surface area contributed by atoms with E-state index in [9.17, 15) is 19.7 Å². The number of rotatable bonds is 4. The van der Waals surface area contributed by atoms with Crippen LogP contribution in [0.1, 0.15) is 5.56 Å². The maximum Gasteiger partial charge on any atom is 0.332 e. The molecule has 0 fully saturated rings. The first-order valence-electron chi connectivity index (χ1n) is 7.37. The van der Waals surface area contributed by atoms with Gasteiger partial charge in [-0.25, -0.2) is 4.79 Å². The lowest BCUT2D eigenvalue weighted by atomic mass is 10.1. The molecule has 130 valence electrons. The molecule has 0 saturated heterocycles. The van der Waals surface area contributed by atoms with Gasteiger partial charge in [0.1, 0.15) is 0 Å². The Morgan fingerprint density at radius 1 is 1.20 bits per heavy atom. The minimum Gasteiger partial charge on any atom is -0.308 e. The molecular weight excluding hydrogens is 350 g/mol. The van der Waals surface area contributed by atoms with Crippen molar-refractivity contribution in [3.05, 3.63) is 66.1 Å². The van der Waals surface area contributed by atoms with Crippen molar-refractivity contribution in [1.29, 1.82) is 0 Å². The first-order chi connectivity index (χ1) is 11.8. The minimum atomic E-state index is -0.514. The van der Waals surface area contributed by atoms with Crippen molar-refractivity contribution >= 4 is 28.5 Å². The lowest BCUT2D eigenvalue weighted by Crippen LogP contribution is -2.37. The summed E-state index contributed by atoms with van der Waals surface area (Å²) in [5.41, 5.74) is -0.123. The number of nitro benzene ring substituents is 1. The quantitative estimate of drug-likeness (QED) is 0.394. The second-order valence-corrected chi connectivity index (χ2v) is 5.88. The number of benzene rings is 1. The Morgan fingerprint density at radius 3 is 2.56 bits per heavy atom. The zero-order chi connectivity index (χ0) is 18.3. The van der Waals surface area contributed by atoms with Crippen LogP contribution in [0.25, 0.3) is 11.2 Å². The van der Waals surface area contributed by atoms with Gasteiger partial charge >= 0.3 is 5.69 Å². The third-order valence-corrected chi connectivity index (χ3v) is 4.38. The van der Waals surface area contributed by atoms with E-state index in [-0.39, 0.29) is 35.1 Å². The van der Waals surface area contributed by atoms with Gasteiger partial charge in [-0.15, -0.1) is 0 Å². The van der Waals surface area contributed by atoms with Crippen molar-refractivity contribution in [3.63, 3.8) is 0 Å². The van der Waals surface area contributed by atoms with Crippen molar-refractivity contribution in [1.82, 2.24) is 18.7 Å². The number of hydrogen-bond acceptors (Lipinski definition) is 5. The minimum absolute atomic E-state index is 0.00310. The first-order valence-corrected chi connectivity index (χ1v) is 7.74. The highest BCUT2D eigenvalue weighted by Crippen LogP contribution is 2.21. The standard InChI is InChI=1S/C15H14ClN5O4/c1-18-12-11(13(22)19(2)15(18)23)20(14(16)17-12)8-7-9-5-3-4-6-10(9)21(24)25/h3-6H,7-8H2,1-2H3. The van der Waals surface area contributed by atoms with Crippen LogP contribution >= 0.6 is 11.6 Å². The van der Waals surface area contributed by atoms with E-state index in [1.54, 1.807) is 18.2 Å². The van der Waals surface area contributed by atoms with Crippen LogP contribution < -0.4 is 11.2 Å². The first kappa shape index (κ1) is 16.9. The SMILES string of the molecule is Cn1c(=O)c2c(nc(Cl)n2CCc2ccccc2[N+](=O)[O-])n(C)c1=O. The largest absolute Gasteiger partial charge is 0.332 e. The molecule has 9 nitrogen and oxygen atoms in total. The zero-order valence-corrected chi connectivity index (χ0v) is 14.2. The molecule has 2 aromatic heterocycles. The maximum atomic E-state index is 12.4. The van der Waals surface area contributed by atoms with Gasteiger partial charge in [0.25, 0.3) is 11.2 Å². The summed E-state index contributed by atoms with van der Waals surface area (Å²) in [5, 5.41) is 11.2. The van der Waals surface area contributed by atoms with Crippen LogP contribution in [0, 0.1) is 10.1 Å². The number of hydrogen-bond donors (Lipinski definition) is 0. The van der Waals surface area contributed by atoms with Crippen LogP contribution in [0.2, 0.25) is 5.28 Å². The van der Waals surface area contributed by atoms with E-state index in [2.05, 4.69) is 4.98 Å². The number of imidazole rings is 1. The molecule has 3 rings (SSSR count). The van der Waals surface area contributed by atoms with Gasteiger partial charge < -0.3 is 4.57 Å². The number of aromatic nitrogens is 4. The van der Waals surface area contributed by atoms with Crippen LogP contribution in [0.3, 0.4) is 0 Å². The molecule has 10 heteroatoms. The van der Waals surface area contributed by atoms with E-state index in [0.717, 1.165) is 4.57 Å². The van der Waals surface area contributed by atoms with Gasteiger partial charge in [-0.2, -0.15) is 4.98 Å². The monoisotopic (exact) mass is 363 g/mol. The van der Waals surface area contributed by atoms with Gasteiger partial charge in [-0.1, -0.05) is 18.2 Å². The Hall–Kier alpha value is -2.94. The van der Waals surface area contributed by atoms with E-state index in [0.29, 0.717) is 5.56 Å². The third-order valence-electron chi connectivity index (χ3n) is 4.09. The highest BCUT2D eigenvalue weighted by atomic mass is 35.5. The van der Waals surface area contributed by atoms with E-state index in [1.807, 2.05) is 0 Å². The van der Waals surface area contributed by atoms with Gasteiger partial charge in [0.15, 0.2) is 11.2 Å². The Morgan fingerprint density at radius 2 is 1.88 bits per heavy atom. The van der Waals surface area contributed by atoms with Crippen molar-refractivity contribution in [2.24, 2.45) is 14.1 Å². The molecule has 0 unspecified atom stereocenters. The van der Waals surface area contributed by atoms with Gasteiger partial charge in [0, 0.05) is 32.3 Å². The molecule has 0 aliphatic carbocycles. The van der Waals surface area contributed by atoms with Crippen LogP contribution in [-0.4, -0.2) is 23.6 Å².